The molecule has 4 nitrogen and oxygen atoms in total. The number of para-hydroxylation sites is 1. The van der Waals surface area contributed by atoms with Gasteiger partial charge in [-0.2, -0.15) is 5.10 Å². The van der Waals surface area contributed by atoms with Gasteiger partial charge in [-0.3, -0.25) is 4.68 Å². The fourth-order valence-electron chi connectivity index (χ4n) is 2.07. The maximum atomic E-state index is 6.01. The lowest BCUT2D eigenvalue weighted by atomic mass is 10.1. The third kappa shape index (κ3) is 2.47. The first-order valence-electron chi connectivity index (χ1n) is 6.45. The number of halogens is 1. The zero-order chi connectivity index (χ0) is 13.9. The molecule has 0 aliphatic carbocycles. The van der Waals surface area contributed by atoms with Gasteiger partial charge in [0.25, 0.3) is 0 Å². The molecule has 0 saturated carbocycles. The SMILES string of the molecule is CCn1cc(Oc2cc(CCl)c3ccccc3n2)cn1. The van der Waals surface area contributed by atoms with E-state index in [0.29, 0.717) is 17.5 Å². The molecule has 3 rings (SSSR count). The van der Waals surface area contributed by atoms with Crippen molar-refractivity contribution in [1.29, 1.82) is 0 Å². The highest BCUT2D eigenvalue weighted by molar-refractivity contribution is 6.18. The lowest BCUT2D eigenvalue weighted by Gasteiger charge is -2.07. The number of fused-ring (bicyclic) bond motifs is 1. The van der Waals surface area contributed by atoms with Gasteiger partial charge in [0.2, 0.25) is 5.88 Å². The Labute approximate surface area is 122 Å². The summed E-state index contributed by atoms with van der Waals surface area (Å²) in [5.41, 5.74) is 1.89. The zero-order valence-corrected chi connectivity index (χ0v) is 11.8. The Morgan fingerprint density at radius 3 is 2.90 bits per heavy atom. The largest absolute Gasteiger partial charge is 0.436 e. The third-order valence-corrected chi connectivity index (χ3v) is 3.37. The van der Waals surface area contributed by atoms with Crippen molar-refractivity contribution in [2.45, 2.75) is 19.3 Å². The van der Waals surface area contributed by atoms with Gasteiger partial charge in [0.15, 0.2) is 5.75 Å². The number of alkyl halides is 1. The van der Waals surface area contributed by atoms with E-state index < -0.39 is 0 Å². The number of nitrogens with zero attached hydrogens (tertiary/aromatic N) is 3. The second-order valence-electron chi connectivity index (χ2n) is 4.40. The minimum absolute atomic E-state index is 0.424. The molecule has 5 heteroatoms. The minimum atomic E-state index is 0.424. The van der Waals surface area contributed by atoms with Crippen molar-refractivity contribution in [2.24, 2.45) is 0 Å². The van der Waals surface area contributed by atoms with Crippen molar-refractivity contribution in [3.63, 3.8) is 0 Å². The number of hydrogen-bond donors (Lipinski definition) is 0. The van der Waals surface area contributed by atoms with Crippen LogP contribution >= 0.6 is 11.6 Å². The summed E-state index contributed by atoms with van der Waals surface area (Å²) in [5, 5.41) is 5.23. The molecule has 0 radical (unpaired) electrons. The summed E-state index contributed by atoms with van der Waals surface area (Å²) in [6, 6.07) is 9.77. The van der Waals surface area contributed by atoms with Gasteiger partial charge in [-0.15, -0.1) is 11.6 Å². The molecule has 0 amide bonds. The van der Waals surface area contributed by atoms with Gasteiger partial charge in [0, 0.05) is 23.9 Å². The molecule has 0 atom stereocenters. The van der Waals surface area contributed by atoms with Crippen LogP contribution in [0.25, 0.3) is 10.9 Å². The van der Waals surface area contributed by atoms with Gasteiger partial charge < -0.3 is 4.74 Å². The molecule has 102 valence electrons. The molecule has 0 aliphatic heterocycles. The molecule has 0 N–H and O–H groups in total. The zero-order valence-electron chi connectivity index (χ0n) is 11.1. The number of aryl methyl sites for hydroxylation is 1. The standard InChI is InChI=1S/C15H14ClN3O/c1-2-19-10-12(9-17-19)20-15-7-11(8-16)13-5-3-4-6-14(13)18-15/h3-7,9-10H,2,8H2,1H3. The predicted molar refractivity (Wildman–Crippen MR) is 79.3 cm³/mol. The first kappa shape index (κ1) is 12.9. The number of aromatic nitrogens is 3. The van der Waals surface area contributed by atoms with Crippen LogP contribution in [0.5, 0.6) is 11.6 Å². The number of rotatable bonds is 4. The molecule has 0 unspecified atom stereocenters. The molecule has 0 aliphatic rings. The Balaban J connectivity index is 1.99. The Morgan fingerprint density at radius 1 is 1.30 bits per heavy atom. The second-order valence-corrected chi connectivity index (χ2v) is 4.67. The molecule has 0 spiro atoms. The van der Waals surface area contributed by atoms with Gasteiger partial charge in [-0.1, -0.05) is 18.2 Å². The first-order valence-corrected chi connectivity index (χ1v) is 6.98. The van der Waals surface area contributed by atoms with E-state index in [1.807, 2.05) is 43.5 Å². The molecule has 3 aromatic rings. The molecule has 2 aromatic heterocycles. The Morgan fingerprint density at radius 2 is 2.15 bits per heavy atom. The van der Waals surface area contributed by atoms with E-state index in [-0.39, 0.29) is 0 Å². The van der Waals surface area contributed by atoms with Crippen molar-refractivity contribution in [3.8, 4) is 11.6 Å². The van der Waals surface area contributed by atoms with Crippen molar-refractivity contribution in [1.82, 2.24) is 14.8 Å². The molecule has 0 fully saturated rings. The van der Waals surface area contributed by atoms with Crippen LogP contribution in [0.4, 0.5) is 0 Å². The number of benzene rings is 1. The maximum absolute atomic E-state index is 6.01. The molecular formula is C15H14ClN3O. The molecule has 0 saturated heterocycles. The Hall–Kier alpha value is -2.07. The maximum Gasteiger partial charge on any atom is 0.220 e. The summed E-state index contributed by atoms with van der Waals surface area (Å²) >= 11 is 6.01. The quantitative estimate of drug-likeness (QED) is 0.681. The highest BCUT2D eigenvalue weighted by Gasteiger charge is 2.07. The van der Waals surface area contributed by atoms with E-state index in [1.165, 1.54) is 0 Å². The van der Waals surface area contributed by atoms with Crippen LogP contribution < -0.4 is 4.74 Å². The minimum Gasteiger partial charge on any atom is -0.436 e. The second kappa shape index (κ2) is 5.51. The van der Waals surface area contributed by atoms with Crippen LogP contribution in [0, 0.1) is 0 Å². The van der Waals surface area contributed by atoms with E-state index in [0.717, 1.165) is 23.0 Å². The van der Waals surface area contributed by atoms with Gasteiger partial charge in [0.05, 0.1) is 17.9 Å². The highest BCUT2D eigenvalue weighted by Crippen LogP contribution is 2.26. The van der Waals surface area contributed by atoms with Crippen LogP contribution in [-0.4, -0.2) is 14.8 Å². The summed E-state index contributed by atoms with van der Waals surface area (Å²) in [4.78, 5) is 4.50. The normalized spacial score (nSPS) is 10.9. The topological polar surface area (TPSA) is 39.9 Å². The van der Waals surface area contributed by atoms with Crippen LogP contribution in [0.2, 0.25) is 0 Å². The predicted octanol–water partition coefficient (Wildman–Crippen LogP) is 3.98. The summed E-state index contributed by atoms with van der Waals surface area (Å²) in [7, 11) is 0. The molecule has 20 heavy (non-hydrogen) atoms. The van der Waals surface area contributed by atoms with E-state index in [9.17, 15) is 0 Å². The fourth-order valence-corrected chi connectivity index (χ4v) is 2.30. The Bertz CT molecular complexity index is 739. The van der Waals surface area contributed by atoms with Gasteiger partial charge in [0.1, 0.15) is 0 Å². The van der Waals surface area contributed by atoms with Crippen LogP contribution in [-0.2, 0) is 12.4 Å². The lowest BCUT2D eigenvalue weighted by Crippen LogP contribution is -1.93. The van der Waals surface area contributed by atoms with E-state index in [2.05, 4.69) is 10.1 Å². The Kier molecular flexibility index (Phi) is 3.56. The van der Waals surface area contributed by atoms with E-state index in [1.54, 1.807) is 10.9 Å². The van der Waals surface area contributed by atoms with Crippen molar-refractivity contribution in [3.05, 3.63) is 48.3 Å². The molecule has 2 heterocycles. The summed E-state index contributed by atoms with van der Waals surface area (Å²) in [6.45, 7) is 2.83. The number of hydrogen-bond acceptors (Lipinski definition) is 3. The monoisotopic (exact) mass is 287 g/mol. The summed E-state index contributed by atoms with van der Waals surface area (Å²) in [5.74, 6) is 1.64. The van der Waals surface area contributed by atoms with Crippen LogP contribution in [0.3, 0.4) is 0 Å². The molecule has 0 bridgehead atoms. The van der Waals surface area contributed by atoms with Crippen molar-refractivity contribution >= 4 is 22.5 Å². The number of ether oxygens (including phenoxy) is 1. The van der Waals surface area contributed by atoms with E-state index in [4.69, 9.17) is 16.3 Å². The number of pyridine rings is 1. The average molecular weight is 288 g/mol. The van der Waals surface area contributed by atoms with Crippen molar-refractivity contribution in [2.75, 3.05) is 0 Å². The molecule has 1 aromatic carbocycles. The highest BCUT2D eigenvalue weighted by atomic mass is 35.5. The van der Waals surface area contributed by atoms with Crippen LogP contribution in [0.15, 0.2) is 42.7 Å². The summed E-state index contributed by atoms with van der Waals surface area (Å²) in [6.07, 6.45) is 3.53. The lowest BCUT2D eigenvalue weighted by molar-refractivity contribution is 0.463. The smallest absolute Gasteiger partial charge is 0.220 e. The van der Waals surface area contributed by atoms with Gasteiger partial charge in [-0.05, 0) is 18.6 Å². The van der Waals surface area contributed by atoms with Crippen molar-refractivity contribution < 1.29 is 4.74 Å². The summed E-state index contributed by atoms with van der Waals surface area (Å²) < 4.78 is 7.56. The molecular weight excluding hydrogens is 274 g/mol. The first-order chi connectivity index (χ1) is 9.80. The van der Waals surface area contributed by atoms with Gasteiger partial charge >= 0.3 is 0 Å². The third-order valence-electron chi connectivity index (χ3n) is 3.08. The fraction of sp³-hybridized carbons (Fsp3) is 0.200. The van der Waals surface area contributed by atoms with Gasteiger partial charge in [-0.25, -0.2) is 4.98 Å². The van der Waals surface area contributed by atoms with Crippen LogP contribution in [0.1, 0.15) is 12.5 Å². The average Bonchev–Trinajstić information content (AvgIpc) is 2.94. The van der Waals surface area contributed by atoms with E-state index >= 15 is 0 Å².